The Morgan fingerprint density at radius 2 is 2.00 bits per heavy atom. The van der Waals surface area contributed by atoms with Crippen LogP contribution in [0, 0.1) is 20.2 Å². The van der Waals surface area contributed by atoms with E-state index in [9.17, 15) is 20.2 Å². The molecular formula is C11H8N4O4S. The van der Waals surface area contributed by atoms with Crippen LogP contribution in [0.1, 0.15) is 5.56 Å². The Morgan fingerprint density at radius 1 is 1.20 bits per heavy atom. The molecule has 2 rings (SSSR count). The average molecular weight is 292 g/mol. The maximum Gasteiger partial charge on any atom is 0.301 e. The van der Waals surface area contributed by atoms with Crippen LogP contribution >= 0.6 is 11.3 Å². The van der Waals surface area contributed by atoms with Gasteiger partial charge in [0.05, 0.1) is 22.1 Å². The van der Waals surface area contributed by atoms with Crippen molar-refractivity contribution in [1.82, 2.24) is 0 Å². The number of hydrazone groups is 1. The molecule has 9 heteroatoms. The molecule has 20 heavy (non-hydrogen) atoms. The van der Waals surface area contributed by atoms with Crippen LogP contribution < -0.4 is 5.43 Å². The van der Waals surface area contributed by atoms with Crippen LogP contribution in [-0.2, 0) is 0 Å². The van der Waals surface area contributed by atoms with Crippen molar-refractivity contribution < 1.29 is 9.85 Å². The number of benzene rings is 1. The van der Waals surface area contributed by atoms with Crippen molar-refractivity contribution in [2.45, 2.75) is 0 Å². The van der Waals surface area contributed by atoms with Crippen LogP contribution in [0.2, 0.25) is 0 Å². The zero-order valence-corrected chi connectivity index (χ0v) is 10.7. The lowest BCUT2D eigenvalue weighted by atomic mass is 10.2. The lowest BCUT2D eigenvalue weighted by Crippen LogP contribution is -1.98. The molecule has 0 saturated carbocycles. The van der Waals surface area contributed by atoms with E-state index < -0.39 is 15.5 Å². The standard InChI is InChI=1S/C11H8N4O4S/c16-14(17)9-1-2-10(11(5-9)15(18)19)13-12-6-8-3-4-20-7-8/h1-7,13H/b12-6+. The van der Waals surface area contributed by atoms with Crippen molar-refractivity contribution in [3.05, 3.63) is 60.8 Å². The second-order valence-corrected chi connectivity index (χ2v) is 4.42. The highest BCUT2D eigenvalue weighted by molar-refractivity contribution is 7.08. The summed E-state index contributed by atoms with van der Waals surface area (Å²) >= 11 is 1.50. The Balaban J connectivity index is 2.22. The van der Waals surface area contributed by atoms with Gasteiger partial charge >= 0.3 is 5.69 Å². The van der Waals surface area contributed by atoms with Crippen molar-refractivity contribution >= 4 is 34.6 Å². The van der Waals surface area contributed by atoms with Crippen LogP contribution in [-0.4, -0.2) is 16.1 Å². The molecule has 0 spiro atoms. The first-order valence-corrected chi connectivity index (χ1v) is 6.26. The van der Waals surface area contributed by atoms with Crippen molar-refractivity contribution in [2.24, 2.45) is 5.10 Å². The molecule has 0 aliphatic heterocycles. The Bertz CT molecular complexity index is 669. The summed E-state index contributed by atoms with van der Waals surface area (Å²) in [5.74, 6) is 0. The van der Waals surface area contributed by atoms with E-state index in [1.165, 1.54) is 29.7 Å². The first kappa shape index (κ1) is 13.6. The number of hydrogen-bond donors (Lipinski definition) is 1. The van der Waals surface area contributed by atoms with Gasteiger partial charge in [-0.1, -0.05) is 0 Å². The number of thiophene rings is 1. The van der Waals surface area contributed by atoms with E-state index in [1.54, 1.807) is 0 Å². The molecule has 0 amide bonds. The fourth-order valence-electron chi connectivity index (χ4n) is 1.40. The molecule has 1 aromatic carbocycles. The van der Waals surface area contributed by atoms with E-state index in [0.717, 1.165) is 11.6 Å². The van der Waals surface area contributed by atoms with Crippen LogP contribution in [0.4, 0.5) is 17.1 Å². The number of nitro benzene ring substituents is 2. The largest absolute Gasteiger partial charge is 0.301 e. The third-order valence-electron chi connectivity index (χ3n) is 2.33. The molecule has 0 aliphatic rings. The van der Waals surface area contributed by atoms with Crippen molar-refractivity contribution in [3.63, 3.8) is 0 Å². The number of anilines is 1. The molecule has 0 unspecified atom stereocenters. The van der Waals surface area contributed by atoms with Crippen LogP contribution in [0.5, 0.6) is 0 Å². The normalized spacial score (nSPS) is 10.6. The Morgan fingerprint density at radius 3 is 2.60 bits per heavy atom. The van der Waals surface area contributed by atoms with E-state index in [0.29, 0.717) is 0 Å². The zero-order valence-electron chi connectivity index (χ0n) is 9.92. The monoisotopic (exact) mass is 292 g/mol. The van der Waals surface area contributed by atoms with Gasteiger partial charge in [0.15, 0.2) is 0 Å². The minimum absolute atomic E-state index is 0.0899. The number of rotatable bonds is 5. The lowest BCUT2D eigenvalue weighted by molar-refractivity contribution is -0.393. The Labute approximate surface area is 116 Å². The van der Waals surface area contributed by atoms with Crippen molar-refractivity contribution in [2.75, 3.05) is 5.43 Å². The molecule has 1 heterocycles. The van der Waals surface area contributed by atoms with E-state index in [4.69, 9.17) is 0 Å². The maximum atomic E-state index is 10.9. The van der Waals surface area contributed by atoms with Gasteiger partial charge < -0.3 is 0 Å². The third-order valence-corrected chi connectivity index (χ3v) is 3.03. The predicted octanol–water partition coefficient (Wildman–Crippen LogP) is 3.01. The summed E-state index contributed by atoms with van der Waals surface area (Å²) in [7, 11) is 0. The van der Waals surface area contributed by atoms with E-state index in [2.05, 4.69) is 10.5 Å². The van der Waals surface area contributed by atoms with Gasteiger partial charge in [0.1, 0.15) is 5.69 Å². The summed E-state index contributed by atoms with van der Waals surface area (Å²) in [5, 5.41) is 29.1. The molecule has 0 aliphatic carbocycles. The zero-order chi connectivity index (χ0) is 14.5. The molecule has 102 valence electrons. The second-order valence-electron chi connectivity index (χ2n) is 3.64. The Hall–Kier alpha value is -2.81. The molecule has 1 aromatic heterocycles. The fraction of sp³-hybridized carbons (Fsp3) is 0. The molecule has 8 nitrogen and oxygen atoms in total. The highest BCUT2D eigenvalue weighted by atomic mass is 32.1. The molecule has 2 aromatic rings. The van der Waals surface area contributed by atoms with Crippen molar-refractivity contribution in [3.8, 4) is 0 Å². The first-order chi connectivity index (χ1) is 9.58. The molecule has 0 atom stereocenters. The lowest BCUT2D eigenvalue weighted by Gasteiger charge is -2.01. The van der Waals surface area contributed by atoms with Gasteiger partial charge in [-0.3, -0.25) is 25.7 Å². The Kier molecular flexibility index (Phi) is 4.01. The van der Waals surface area contributed by atoms with E-state index in [-0.39, 0.29) is 11.4 Å². The number of nitrogens with zero attached hydrogens (tertiary/aromatic N) is 3. The number of nitrogens with one attached hydrogen (secondary N) is 1. The van der Waals surface area contributed by atoms with Gasteiger partial charge in [-0.25, -0.2) is 0 Å². The molecule has 0 bridgehead atoms. The quantitative estimate of drug-likeness (QED) is 0.517. The van der Waals surface area contributed by atoms with Gasteiger partial charge in [-0.15, -0.1) is 0 Å². The fourth-order valence-corrected chi connectivity index (χ4v) is 2.01. The summed E-state index contributed by atoms with van der Waals surface area (Å²) in [4.78, 5) is 20.1. The predicted molar refractivity (Wildman–Crippen MR) is 75.3 cm³/mol. The number of non-ortho nitro benzene ring substituents is 1. The summed E-state index contributed by atoms with van der Waals surface area (Å²) in [6.45, 7) is 0. The van der Waals surface area contributed by atoms with Crippen molar-refractivity contribution in [1.29, 1.82) is 0 Å². The van der Waals surface area contributed by atoms with E-state index in [1.807, 2.05) is 16.8 Å². The highest BCUT2D eigenvalue weighted by Gasteiger charge is 2.18. The molecular weight excluding hydrogens is 284 g/mol. The van der Waals surface area contributed by atoms with E-state index >= 15 is 0 Å². The first-order valence-electron chi connectivity index (χ1n) is 5.32. The van der Waals surface area contributed by atoms with Gasteiger partial charge in [-0.05, 0) is 22.9 Å². The topological polar surface area (TPSA) is 111 Å². The van der Waals surface area contributed by atoms with Crippen LogP contribution in [0.25, 0.3) is 0 Å². The van der Waals surface area contributed by atoms with Gasteiger partial charge in [0.25, 0.3) is 5.69 Å². The minimum Gasteiger partial charge on any atom is -0.272 e. The summed E-state index contributed by atoms with van der Waals surface area (Å²) < 4.78 is 0. The van der Waals surface area contributed by atoms with Gasteiger partial charge in [0.2, 0.25) is 0 Å². The van der Waals surface area contributed by atoms with Gasteiger partial charge in [0, 0.05) is 11.6 Å². The summed E-state index contributed by atoms with van der Waals surface area (Å²) in [5.41, 5.74) is 2.71. The molecule has 0 radical (unpaired) electrons. The number of hydrogen-bond acceptors (Lipinski definition) is 7. The second kappa shape index (κ2) is 5.89. The number of nitro groups is 2. The summed E-state index contributed by atoms with van der Waals surface area (Å²) in [6, 6.07) is 5.15. The molecule has 0 saturated heterocycles. The minimum atomic E-state index is -0.699. The van der Waals surface area contributed by atoms with Gasteiger partial charge in [-0.2, -0.15) is 16.4 Å². The van der Waals surface area contributed by atoms with Crippen LogP contribution in [0.3, 0.4) is 0 Å². The highest BCUT2D eigenvalue weighted by Crippen LogP contribution is 2.28. The summed E-state index contributed by atoms with van der Waals surface area (Å²) in [6.07, 6.45) is 1.50. The average Bonchev–Trinajstić information content (AvgIpc) is 2.91. The molecule has 1 N–H and O–H groups in total. The maximum absolute atomic E-state index is 10.9. The third kappa shape index (κ3) is 3.14. The molecule has 0 fully saturated rings. The SMILES string of the molecule is O=[N+]([O-])c1ccc(N/N=C/c2ccsc2)c([N+](=O)[O-])c1. The van der Waals surface area contributed by atoms with Crippen LogP contribution in [0.15, 0.2) is 40.1 Å². The smallest absolute Gasteiger partial charge is 0.272 e.